The average molecular weight is 391 g/mol. The van der Waals surface area contributed by atoms with Crippen LogP contribution in [0.5, 0.6) is 0 Å². The van der Waals surface area contributed by atoms with E-state index in [1.807, 2.05) is 20.8 Å². The normalized spacial score (nSPS) is 21.7. The van der Waals surface area contributed by atoms with Gasteiger partial charge in [-0.3, -0.25) is 0 Å². The average Bonchev–Trinajstić information content (AvgIpc) is 2.86. The highest BCUT2D eigenvalue weighted by Gasteiger charge is 2.29. The molecule has 7 heteroatoms. The number of amides is 1. The maximum Gasteiger partial charge on any atom is 0.407 e. The highest BCUT2D eigenvalue weighted by molar-refractivity contribution is 9.10. The Balaban J connectivity index is 1.85. The zero-order valence-corrected chi connectivity index (χ0v) is 15.4. The summed E-state index contributed by atoms with van der Waals surface area (Å²) in [6.45, 7) is 6.19. The molecule has 1 heterocycles. The first-order valence-corrected chi connectivity index (χ1v) is 8.56. The van der Waals surface area contributed by atoms with Gasteiger partial charge in [-0.05, 0) is 73.5 Å². The lowest BCUT2D eigenvalue weighted by molar-refractivity contribution is 0.0519. The monoisotopic (exact) mass is 389 g/mol. The van der Waals surface area contributed by atoms with E-state index >= 15 is 0 Å². The van der Waals surface area contributed by atoms with Crippen molar-refractivity contribution in [1.29, 1.82) is 0 Å². The zero-order valence-electron chi connectivity index (χ0n) is 13.0. The van der Waals surface area contributed by atoms with Crippen LogP contribution in [0, 0.1) is 5.92 Å². The lowest BCUT2D eigenvalue weighted by atomic mass is 10.0. The number of hydrogen-bond donors (Lipinski definition) is 1. The van der Waals surface area contributed by atoms with Gasteiger partial charge in [0.2, 0.25) is 5.28 Å². The maximum absolute atomic E-state index is 11.7. The topological polar surface area (TPSA) is 64.1 Å². The van der Waals surface area contributed by atoms with Crippen molar-refractivity contribution in [1.82, 2.24) is 15.3 Å². The van der Waals surface area contributed by atoms with Crippen LogP contribution in [-0.2, 0) is 4.74 Å². The van der Waals surface area contributed by atoms with E-state index in [0.717, 1.165) is 29.4 Å². The number of hydrogen-bond acceptors (Lipinski definition) is 4. The second kappa shape index (κ2) is 7.13. The predicted octanol–water partition coefficient (Wildman–Crippen LogP) is 4.30. The molecule has 1 aliphatic carbocycles. The molecule has 2 unspecified atom stereocenters. The number of alkyl carbamates (subject to hydrolysis) is 1. The molecule has 5 nitrogen and oxygen atoms in total. The summed E-state index contributed by atoms with van der Waals surface area (Å²) in [5.41, 5.74) is 0.491. The van der Waals surface area contributed by atoms with Gasteiger partial charge in [0, 0.05) is 18.7 Å². The van der Waals surface area contributed by atoms with E-state index in [1.54, 1.807) is 6.20 Å². The van der Waals surface area contributed by atoms with Crippen LogP contribution in [0.3, 0.4) is 0 Å². The molecule has 1 fully saturated rings. The van der Waals surface area contributed by atoms with Crippen molar-refractivity contribution < 1.29 is 9.53 Å². The summed E-state index contributed by atoms with van der Waals surface area (Å²) in [7, 11) is 0. The summed E-state index contributed by atoms with van der Waals surface area (Å²) in [4.78, 5) is 20.0. The molecule has 0 bridgehead atoms. The van der Waals surface area contributed by atoms with Crippen molar-refractivity contribution in [3.63, 3.8) is 0 Å². The highest BCUT2D eigenvalue weighted by Crippen LogP contribution is 2.39. The summed E-state index contributed by atoms with van der Waals surface area (Å²) in [5, 5.41) is 3.12. The van der Waals surface area contributed by atoms with Gasteiger partial charge in [-0.15, -0.1) is 0 Å². The van der Waals surface area contributed by atoms with Gasteiger partial charge >= 0.3 is 6.09 Å². The number of halogens is 2. The number of rotatable bonds is 3. The van der Waals surface area contributed by atoms with Gasteiger partial charge in [-0.1, -0.05) is 0 Å². The van der Waals surface area contributed by atoms with Gasteiger partial charge in [0.15, 0.2) is 0 Å². The van der Waals surface area contributed by atoms with Crippen molar-refractivity contribution in [2.75, 3.05) is 6.54 Å². The molecule has 1 saturated carbocycles. The summed E-state index contributed by atoms with van der Waals surface area (Å²) in [5.74, 6) is 0.776. The second-order valence-electron chi connectivity index (χ2n) is 6.63. The second-order valence-corrected chi connectivity index (χ2v) is 7.82. The van der Waals surface area contributed by atoms with Crippen LogP contribution in [0.2, 0.25) is 5.28 Å². The number of ether oxygens (including phenoxy) is 1. The maximum atomic E-state index is 11.7. The van der Waals surface area contributed by atoms with Crippen LogP contribution < -0.4 is 5.32 Å². The molecule has 1 aromatic heterocycles. The molecule has 1 N–H and O–H groups in total. The molecule has 122 valence electrons. The van der Waals surface area contributed by atoms with E-state index in [-0.39, 0.29) is 11.4 Å². The van der Waals surface area contributed by atoms with Crippen molar-refractivity contribution in [3.05, 3.63) is 21.6 Å². The number of nitrogens with one attached hydrogen (secondary N) is 1. The Bertz CT molecular complexity index is 548. The Kier molecular flexibility index (Phi) is 5.66. The van der Waals surface area contributed by atoms with E-state index in [2.05, 4.69) is 31.2 Å². The molecular weight excluding hydrogens is 370 g/mol. The first kappa shape index (κ1) is 17.5. The number of nitrogens with zero attached hydrogens (tertiary/aromatic N) is 2. The third kappa shape index (κ3) is 5.09. The minimum absolute atomic E-state index is 0.272. The van der Waals surface area contributed by atoms with E-state index in [0.29, 0.717) is 18.4 Å². The lowest BCUT2D eigenvalue weighted by Crippen LogP contribution is -2.34. The molecule has 0 spiro atoms. The minimum Gasteiger partial charge on any atom is -0.444 e. The van der Waals surface area contributed by atoms with E-state index in [1.165, 1.54) is 0 Å². The van der Waals surface area contributed by atoms with Crippen LogP contribution in [-0.4, -0.2) is 28.2 Å². The molecule has 0 radical (unpaired) electrons. The first-order chi connectivity index (χ1) is 10.2. The molecule has 2 rings (SSSR count). The Labute approximate surface area is 144 Å². The number of carbonyl (C=O) groups excluding carboxylic acids is 1. The smallest absolute Gasteiger partial charge is 0.407 e. The third-order valence-electron chi connectivity index (χ3n) is 3.60. The summed E-state index contributed by atoms with van der Waals surface area (Å²) in [6.07, 6.45) is 4.39. The molecule has 1 amide bonds. The van der Waals surface area contributed by atoms with Crippen LogP contribution in [0.15, 0.2) is 10.7 Å². The third-order valence-corrected chi connectivity index (χ3v) is 4.40. The summed E-state index contributed by atoms with van der Waals surface area (Å²) >= 11 is 9.36. The fourth-order valence-electron chi connectivity index (χ4n) is 2.69. The zero-order chi connectivity index (χ0) is 16.3. The van der Waals surface area contributed by atoms with Crippen LogP contribution >= 0.6 is 27.5 Å². The Morgan fingerprint density at radius 3 is 2.91 bits per heavy atom. The lowest BCUT2D eigenvalue weighted by Gasteiger charge is -2.20. The molecule has 0 saturated heterocycles. The molecule has 0 aliphatic heterocycles. The fraction of sp³-hybridized carbons (Fsp3) is 0.667. The molecule has 2 atom stereocenters. The van der Waals surface area contributed by atoms with Gasteiger partial charge in [0.1, 0.15) is 5.60 Å². The largest absolute Gasteiger partial charge is 0.444 e. The van der Waals surface area contributed by atoms with Gasteiger partial charge in [-0.2, -0.15) is 0 Å². The van der Waals surface area contributed by atoms with E-state index in [4.69, 9.17) is 16.3 Å². The molecule has 0 aromatic carbocycles. The molecule has 1 aromatic rings. The van der Waals surface area contributed by atoms with Crippen molar-refractivity contribution in [3.8, 4) is 0 Å². The number of aromatic nitrogens is 2. The predicted molar refractivity (Wildman–Crippen MR) is 89.1 cm³/mol. The Hall–Kier alpha value is -0.880. The standard InChI is InChI=1S/C15H21BrClN3O2/c1-15(2,3)22-14(21)19-7-9-4-5-10(6-9)12-11(16)8-18-13(17)20-12/h8-10H,4-7H2,1-3H3,(H,19,21). The van der Waals surface area contributed by atoms with E-state index in [9.17, 15) is 4.79 Å². The first-order valence-electron chi connectivity index (χ1n) is 7.39. The SMILES string of the molecule is CC(C)(C)OC(=O)NCC1CCC(c2nc(Cl)ncc2Br)C1. The highest BCUT2D eigenvalue weighted by atomic mass is 79.9. The molecule has 22 heavy (non-hydrogen) atoms. The fourth-order valence-corrected chi connectivity index (χ4v) is 3.35. The number of carbonyl (C=O) groups is 1. The quantitative estimate of drug-likeness (QED) is 0.781. The minimum atomic E-state index is -0.467. The van der Waals surface area contributed by atoms with Crippen LogP contribution in [0.1, 0.15) is 51.6 Å². The van der Waals surface area contributed by atoms with Gasteiger partial charge in [0.25, 0.3) is 0 Å². The molecule has 1 aliphatic rings. The van der Waals surface area contributed by atoms with Crippen molar-refractivity contribution in [2.24, 2.45) is 5.92 Å². The van der Waals surface area contributed by atoms with Crippen LogP contribution in [0.25, 0.3) is 0 Å². The summed E-state index contributed by atoms with van der Waals surface area (Å²) < 4.78 is 6.14. The summed E-state index contributed by atoms with van der Waals surface area (Å²) in [6, 6.07) is 0. The van der Waals surface area contributed by atoms with Crippen LogP contribution in [0.4, 0.5) is 4.79 Å². The Morgan fingerprint density at radius 1 is 1.50 bits per heavy atom. The van der Waals surface area contributed by atoms with Crippen molar-refractivity contribution in [2.45, 2.75) is 51.6 Å². The van der Waals surface area contributed by atoms with E-state index < -0.39 is 5.60 Å². The van der Waals surface area contributed by atoms with Gasteiger partial charge in [0.05, 0.1) is 10.2 Å². The van der Waals surface area contributed by atoms with Gasteiger partial charge < -0.3 is 10.1 Å². The Morgan fingerprint density at radius 2 is 2.23 bits per heavy atom. The molecular formula is C15H21BrClN3O2. The van der Waals surface area contributed by atoms with Crippen molar-refractivity contribution >= 4 is 33.6 Å². The van der Waals surface area contributed by atoms with Gasteiger partial charge in [-0.25, -0.2) is 14.8 Å².